The van der Waals surface area contributed by atoms with Gasteiger partial charge < -0.3 is 19.9 Å². The molecule has 4 rings (SSSR count). The first-order valence-electron chi connectivity index (χ1n) is 10.5. The SMILES string of the molecule is CN=C(NCc1ccc(N2CCC(C)CC2)cc1)N1CCC2(CCOC2)C1.I. The van der Waals surface area contributed by atoms with Gasteiger partial charge in [0.05, 0.1) is 6.61 Å². The summed E-state index contributed by atoms with van der Waals surface area (Å²) in [7, 11) is 1.89. The van der Waals surface area contributed by atoms with E-state index in [9.17, 15) is 0 Å². The van der Waals surface area contributed by atoms with E-state index in [4.69, 9.17) is 4.74 Å². The summed E-state index contributed by atoms with van der Waals surface area (Å²) < 4.78 is 5.65. The van der Waals surface area contributed by atoms with E-state index >= 15 is 0 Å². The van der Waals surface area contributed by atoms with Crippen LogP contribution in [0.25, 0.3) is 0 Å². The molecule has 1 unspecified atom stereocenters. The van der Waals surface area contributed by atoms with E-state index in [0.29, 0.717) is 5.41 Å². The summed E-state index contributed by atoms with van der Waals surface area (Å²) in [6.07, 6.45) is 5.03. The average Bonchev–Trinajstić information content (AvgIpc) is 3.34. The normalized spacial score (nSPS) is 26.0. The van der Waals surface area contributed by atoms with Crippen molar-refractivity contribution in [3.05, 3.63) is 29.8 Å². The maximum Gasteiger partial charge on any atom is 0.193 e. The lowest BCUT2D eigenvalue weighted by molar-refractivity contribution is 0.156. The van der Waals surface area contributed by atoms with Crippen molar-refractivity contribution < 1.29 is 4.74 Å². The molecule has 0 aliphatic carbocycles. The van der Waals surface area contributed by atoms with Gasteiger partial charge >= 0.3 is 0 Å². The Morgan fingerprint density at radius 1 is 1.18 bits per heavy atom. The quantitative estimate of drug-likeness (QED) is 0.392. The van der Waals surface area contributed by atoms with Crippen LogP contribution in [0, 0.1) is 11.3 Å². The van der Waals surface area contributed by atoms with Crippen LogP contribution in [0.2, 0.25) is 0 Å². The van der Waals surface area contributed by atoms with E-state index in [1.54, 1.807) is 0 Å². The van der Waals surface area contributed by atoms with Crippen LogP contribution in [0.3, 0.4) is 0 Å². The monoisotopic (exact) mass is 498 g/mol. The minimum atomic E-state index is 0. The summed E-state index contributed by atoms with van der Waals surface area (Å²) in [6, 6.07) is 9.06. The summed E-state index contributed by atoms with van der Waals surface area (Å²) in [5.41, 5.74) is 3.03. The molecular weight excluding hydrogens is 463 g/mol. The van der Waals surface area contributed by atoms with E-state index in [2.05, 4.69) is 51.3 Å². The first kappa shape index (κ1) is 21.7. The molecule has 3 saturated heterocycles. The molecule has 1 aromatic carbocycles. The van der Waals surface area contributed by atoms with Gasteiger partial charge in [-0.3, -0.25) is 4.99 Å². The number of piperidine rings is 1. The summed E-state index contributed by atoms with van der Waals surface area (Å²) in [4.78, 5) is 9.44. The molecular formula is C22H35IN4O. The first-order chi connectivity index (χ1) is 13.2. The predicted octanol–water partition coefficient (Wildman–Crippen LogP) is 3.73. The van der Waals surface area contributed by atoms with Crippen LogP contribution in [0.1, 0.15) is 38.2 Å². The number of likely N-dealkylation sites (tertiary alicyclic amines) is 1. The van der Waals surface area contributed by atoms with Crippen LogP contribution >= 0.6 is 24.0 Å². The number of halogens is 1. The van der Waals surface area contributed by atoms with Gasteiger partial charge in [-0.05, 0) is 49.3 Å². The fourth-order valence-corrected chi connectivity index (χ4v) is 4.69. The molecule has 5 nitrogen and oxygen atoms in total. The first-order valence-corrected chi connectivity index (χ1v) is 10.5. The highest BCUT2D eigenvalue weighted by atomic mass is 127. The molecule has 156 valence electrons. The van der Waals surface area contributed by atoms with Crippen molar-refractivity contribution in [1.82, 2.24) is 10.2 Å². The molecule has 0 aromatic heterocycles. The Kier molecular flexibility index (Phi) is 7.48. The van der Waals surface area contributed by atoms with Crippen LogP contribution in [0.15, 0.2) is 29.3 Å². The number of guanidine groups is 1. The predicted molar refractivity (Wildman–Crippen MR) is 127 cm³/mol. The summed E-state index contributed by atoms with van der Waals surface area (Å²) in [5.74, 6) is 1.89. The minimum absolute atomic E-state index is 0. The zero-order valence-electron chi connectivity index (χ0n) is 17.3. The molecule has 3 aliphatic rings. The van der Waals surface area contributed by atoms with Gasteiger partial charge in [0, 0.05) is 57.5 Å². The molecule has 0 bridgehead atoms. The summed E-state index contributed by atoms with van der Waals surface area (Å²) in [6.45, 7) is 9.54. The second-order valence-electron chi connectivity index (χ2n) is 8.71. The molecule has 3 heterocycles. The molecule has 1 N–H and O–H groups in total. The number of nitrogens with one attached hydrogen (secondary N) is 1. The van der Waals surface area contributed by atoms with Crippen molar-refractivity contribution in [3.63, 3.8) is 0 Å². The molecule has 3 fully saturated rings. The van der Waals surface area contributed by atoms with E-state index < -0.39 is 0 Å². The van der Waals surface area contributed by atoms with E-state index in [0.717, 1.165) is 44.7 Å². The lowest BCUT2D eigenvalue weighted by Gasteiger charge is -2.32. The molecule has 0 radical (unpaired) electrons. The molecule has 3 aliphatic heterocycles. The van der Waals surface area contributed by atoms with Crippen LogP contribution in [0.4, 0.5) is 5.69 Å². The number of ether oxygens (including phenoxy) is 1. The highest BCUT2D eigenvalue weighted by Gasteiger charge is 2.42. The van der Waals surface area contributed by atoms with Crippen molar-refractivity contribution in [2.45, 2.75) is 39.2 Å². The fourth-order valence-electron chi connectivity index (χ4n) is 4.69. The van der Waals surface area contributed by atoms with Crippen LogP contribution in [-0.2, 0) is 11.3 Å². The molecule has 28 heavy (non-hydrogen) atoms. The van der Waals surface area contributed by atoms with Gasteiger partial charge in [0.2, 0.25) is 0 Å². The second kappa shape index (κ2) is 9.65. The van der Waals surface area contributed by atoms with Crippen LogP contribution in [0.5, 0.6) is 0 Å². The number of aliphatic imine (C=N–C) groups is 1. The second-order valence-corrected chi connectivity index (χ2v) is 8.71. The largest absolute Gasteiger partial charge is 0.381 e. The van der Waals surface area contributed by atoms with Crippen molar-refractivity contribution in [2.75, 3.05) is 51.3 Å². The zero-order chi connectivity index (χ0) is 18.7. The minimum Gasteiger partial charge on any atom is -0.381 e. The van der Waals surface area contributed by atoms with E-state index in [1.807, 2.05) is 7.05 Å². The Balaban J connectivity index is 0.00000225. The Labute approximate surface area is 186 Å². The third-order valence-electron chi connectivity index (χ3n) is 6.67. The summed E-state index contributed by atoms with van der Waals surface area (Å²) in [5, 5.41) is 3.56. The summed E-state index contributed by atoms with van der Waals surface area (Å²) >= 11 is 0. The number of nitrogens with zero attached hydrogens (tertiary/aromatic N) is 3. The van der Waals surface area contributed by atoms with E-state index in [1.165, 1.54) is 50.0 Å². The molecule has 6 heteroatoms. The third kappa shape index (κ3) is 4.93. The van der Waals surface area contributed by atoms with Gasteiger partial charge in [0.25, 0.3) is 0 Å². The number of rotatable bonds is 3. The maximum absolute atomic E-state index is 5.65. The Morgan fingerprint density at radius 2 is 1.93 bits per heavy atom. The topological polar surface area (TPSA) is 40.1 Å². The Morgan fingerprint density at radius 3 is 2.57 bits per heavy atom. The zero-order valence-corrected chi connectivity index (χ0v) is 19.7. The molecule has 0 saturated carbocycles. The number of hydrogen-bond donors (Lipinski definition) is 1. The standard InChI is InChI=1S/C22H34N4O.HI/c1-18-7-11-25(12-8-18)20-5-3-19(4-6-20)15-24-21(23-2)26-13-9-22(16-26)10-14-27-17-22;/h3-6,18H,7-17H2,1-2H3,(H,23,24);1H. The Bertz CT molecular complexity index is 649. The lowest BCUT2D eigenvalue weighted by Crippen LogP contribution is -2.41. The fraction of sp³-hybridized carbons (Fsp3) is 0.682. The van der Waals surface area contributed by atoms with Gasteiger partial charge in [-0.2, -0.15) is 0 Å². The van der Waals surface area contributed by atoms with Crippen LogP contribution < -0.4 is 10.2 Å². The molecule has 0 amide bonds. The number of anilines is 1. The highest BCUT2D eigenvalue weighted by molar-refractivity contribution is 14.0. The lowest BCUT2D eigenvalue weighted by atomic mass is 9.87. The molecule has 1 atom stereocenters. The van der Waals surface area contributed by atoms with Gasteiger partial charge in [0.15, 0.2) is 5.96 Å². The van der Waals surface area contributed by atoms with Crippen molar-refractivity contribution in [2.24, 2.45) is 16.3 Å². The average molecular weight is 498 g/mol. The number of benzene rings is 1. The van der Waals surface area contributed by atoms with E-state index in [-0.39, 0.29) is 24.0 Å². The van der Waals surface area contributed by atoms with Crippen molar-refractivity contribution in [1.29, 1.82) is 0 Å². The van der Waals surface area contributed by atoms with Crippen molar-refractivity contribution >= 4 is 35.6 Å². The smallest absolute Gasteiger partial charge is 0.193 e. The maximum atomic E-state index is 5.65. The van der Waals surface area contributed by atoms with Crippen LogP contribution in [-0.4, -0.2) is 57.3 Å². The molecule has 1 aromatic rings. The van der Waals surface area contributed by atoms with Gasteiger partial charge in [-0.25, -0.2) is 0 Å². The molecule has 1 spiro atoms. The van der Waals surface area contributed by atoms with Crippen molar-refractivity contribution in [3.8, 4) is 0 Å². The van der Waals surface area contributed by atoms with Gasteiger partial charge in [-0.1, -0.05) is 19.1 Å². The highest BCUT2D eigenvalue weighted by Crippen LogP contribution is 2.38. The number of hydrogen-bond acceptors (Lipinski definition) is 3. The third-order valence-corrected chi connectivity index (χ3v) is 6.67. The Hall–Kier alpha value is -1.02. The van der Waals surface area contributed by atoms with Gasteiger partial charge in [-0.15, -0.1) is 24.0 Å². The van der Waals surface area contributed by atoms with Gasteiger partial charge in [0.1, 0.15) is 0 Å².